The van der Waals surface area contributed by atoms with Crippen LogP contribution >= 0.6 is 12.4 Å². The van der Waals surface area contributed by atoms with Crippen LogP contribution in [0.3, 0.4) is 0 Å². The number of nitrogens with zero attached hydrogens (tertiary/aromatic N) is 1. The Hall–Kier alpha value is -0.810. The third kappa shape index (κ3) is 4.29. The maximum atomic E-state index is 13.3. The second kappa shape index (κ2) is 9.13. The Morgan fingerprint density at radius 1 is 0.926 bits per heavy atom. The monoisotopic (exact) mass is 397 g/mol. The lowest BCUT2D eigenvalue weighted by atomic mass is 9.67. The zero-order chi connectivity index (χ0) is 18.0. The molecule has 0 spiro atoms. The summed E-state index contributed by atoms with van der Waals surface area (Å²) in [5.41, 5.74) is -0.129. The summed E-state index contributed by atoms with van der Waals surface area (Å²) in [6.07, 6.45) is 12.3. The molecule has 27 heavy (non-hydrogen) atoms. The van der Waals surface area contributed by atoms with Crippen LogP contribution in [0.1, 0.15) is 70.6 Å². The molecule has 2 saturated heterocycles. The zero-order valence-electron chi connectivity index (χ0n) is 16.5. The normalized spacial score (nSPS) is 32.4. The molecular formula is C21H36ClN3O2. The van der Waals surface area contributed by atoms with E-state index in [1.807, 2.05) is 0 Å². The van der Waals surface area contributed by atoms with Crippen LogP contribution in [0.4, 0.5) is 0 Å². The van der Waals surface area contributed by atoms with Crippen molar-refractivity contribution < 1.29 is 9.59 Å². The van der Waals surface area contributed by atoms with Crippen molar-refractivity contribution in [2.24, 2.45) is 17.3 Å². The first-order valence-electron chi connectivity index (χ1n) is 11.0. The van der Waals surface area contributed by atoms with E-state index in [4.69, 9.17) is 0 Å². The quantitative estimate of drug-likeness (QED) is 0.769. The van der Waals surface area contributed by atoms with Gasteiger partial charge in [-0.15, -0.1) is 12.4 Å². The van der Waals surface area contributed by atoms with Gasteiger partial charge in [0.1, 0.15) is 0 Å². The SMILES string of the molecule is Cl.O=C(NC1CCN(C(=O)[C@@]23CCCC[C@H]2CNC3)CC1)C1CCCCC1. The fourth-order valence-electron chi connectivity index (χ4n) is 5.89. The van der Waals surface area contributed by atoms with Crippen LogP contribution in [0.15, 0.2) is 0 Å². The third-order valence-corrected chi connectivity index (χ3v) is 7.57. The minimum absolute atomic E-state index is 0. The summed E-state index contributed by atoms with van der Waals surface area (Å²) in [4.78, 5) is 27.9. The van der Waals surface area contributed by atoms with Crippen LogP contribution in [0, 0.1) is 17.3 Å². The number of hydrogen-bond acceptors (Lipinski definition) is 3. The van der Waals surface area contributed by atoms with Crippen molar-refractivity contribution in [3.63, 3.8) is 0 Å². The van der Waals surface area contributed by atoms with Gasteiger partial charge >= 0.3 is 0 Å². The molecule has 0 unspecified atom stereocenters. The van der Waals surface area contributed by atoms with Crippen LogP contribution in [0.5, 0.6) is 0 Å². The highest BCUT2D eigenvalue weighted by Gasteiger charge is 2.51. The van der Waals surface area contributed by atoms with Gasteiger partial charge in [-0.3, -0.25) is 9.59 Å². The maximum Gasteiger partial charge on any atom is 0.230 e. The van der Waals surface area contributed by atoms with Crippen molar-refractivity contribution in [2.45, 2.75) is 76.7 Å². The summed E-state index contributed by atoms with van der Waals surface area (Å²) in [7, 11) is 0. The molecule has 0 aromatic rings. The van der Waals surface area contributed by atoms with E-state index in [0.717, 1.165) is 58.3 Å². The molecule has 2 N–H and O–H groups in total. The molecule has 4 rings (SSSR count). The molecule has 4 fully saturated rings. The minimum Gasteiger partial charge on any atom is -0.353 e. The first-order chi connectivity index (χ1) is 12.7. The molecule has 2 atom stereocenters. The van der Waals surface area contributed by atoms with E-state index in [2.05, 4.69) is 15.5 Å². The van der Waals surface area contributed by atoms with Gasteiger partial charge in [-0.1, -0.05) is 32.1 Å². The molecule has 2 saturated carbocycles. The van der Waals surface area contributed by atoms with E-state index in [0.29, 0.717) is 11.8 Å². The molecule has 2 aliphatic heterocycles. The number of halogens is 1. The standard InChI is InChI=1S/C21H35N3O2.ClH/c25-19(16-6-2-1-3-7-16)23-18-9-12-24(13-10-18)20(26)21-11-5-4-8-17(21)14-22-15-21;/h16-18,22H,1-15H2,(H,23,25);1H/t17-,21+;/m0./s1. The predicted octanol–water partition coefficient (Wildman–Crippen LogP) is 2.88. The molecule has 6 heteroatoms. The number of hydrogen-bond donors (Lipinski definition) is 2. The Bertz CT molecular complexity index is 530. The lowest BCUT2D eigenvalue weighted by molar-refractivity contribution is -0.146. The van der Waals surface area contributed by atoms with Crippen LogP contribution in [0.2, 0.25) is 0 Å². The molecule has 4 aliphatic rings. The molecule has 0 aromatic heterocycles. The second-order valence-electron chi connectivity index (χ2n) is 9.14. The van der Waals surface area contributed by atoms with E-state index in [1.54, 1.807) is 0 Å². The predicted molar refractivity (Wildman–Crippen MR) is 109 cm³/mol. The van der Waals surface area contributed by atoms with E-state index < -0.39 is 0 Å². The lowest BCUT2D eigenvalue weighted by Gasteiger charge is -2.43. The smallest absolute Gasteiger partial charge is 0.230 e. The molecular weight excluding hydrogens is 362 g/mol. The van der Waals surface area contributed by atoms with Gasteiger partial charge in [0.2, 0.25) is 11.8 Å². The molecule has 0 bridgehead atoms. The first-order valence-corrected chi connectivity index (χ1v) is 11.0. The Labute approximate surface area is 169 Å². The Balaban J connectivity index is 0.00000210. The fourth-order valence-corrected chi connectivity index (χ4v) is 5.89. The number of amides is 2. The highest BCUT2D eigenvalue weighted by molar-refractivity contribution is 5.85. The number of carbonyl (C=O) groups is 2. The van der Waals surface area contributed by atoms with Crippen molar-refractivity contribution >= 4 is 24.2 Å². The molecule has 2 amide bonds. The van der Waals surface area contributed by atoms with Gasteiger partial charge < -0.3 is 15.5 Å². The van der Waals surface area contributed by atoms with E-state index >= 15 is 0 Å². The summed E-state index contributed by atoms with van der Waals surface area (Å²) in [5, 5.41) is 6.77. The maximum absolute atomic E-state index is 13.3. The van der Waals surface area contributed by atoms with Crippen molar-refractivity contribution in [2.75, 3.05) is 26.2 Å². The van der Waals surface area contributed by atoms with Gasteiger partial charge in [0, 0.05) is 31.6 Å². The molecule has 5 nitrogen and oxygen atoms in total. The fraction of sp³-hybridized carbons (Fsp3) is 0.905. The second-order valence-corrected chi connectivity index (χ2v) is 9.14. The van der Waals surface area contributed by atoms with Crippen molar-refractivity contribution in [3.05, 3.63) is 0 Å². The third-order valence-electron chi connectivity index (χ3n) is 7.57. The van der Waals surface area contributed by atoms with Gasteiger partial charge in [-0.05, 0) is 51.0 Å². The Morgan fingerprint density at radius 3 is 2.37 bits per heavy atom. The Morgan fingerprint density at radius 2 is 1.63 bits per heavy atom. The van der Waals surface area contributed by atoms with Crippen LogP contribution in [-0.4, -0.2) is 48.9 Å². The summed E-state index contributed by atoms with van der Waals surface area (Å²) >= 11 is 0. The summed E-state index contributed by atoms with van der Waals surface area (Å²) in [6, 6.07) is 0.259. The molecule has 2 heterocycles. The van der Waals surface area contributed by atoms with Crippen molar-refractivity contribution in [3.8, 4) is 0 Å². The van der Waals surface area contributed by atoms with Crippen LogP contribution in [-0.2, 0) is 9.59 Å². The van der Waals surface area contributed by atoms with E-state index in [-0.39, 0.29) is 35.7 Å². The largest absolute Gasteiger partial charge is 0.353 e. The van der Waals surface area contributed by atoms with Gasteiger partial charge in [0.25, 0.3) is 0 Å². The number of piperidine rings is 1. The number of likely N-dealkylation sites (tertiary alicyclic amines) is 1. The van der Waals surface area contributed by atoms with Gasteiger partial charge in [-0.2, -0.15) is 0 Å². The molecule has 154 valence electrons. The number of nitrogens with one attached hydrogen (secondary N) is 2. The Kier molecular flexibility index (Phi) is 7.07. The highest BCUT2D eigenvalue weighted by atomic mass is 35.5. The van der Waals surface area contributed by atoms with E-state index in [1.165, 1.54) is 38.5 Å². The average molecular weight is 398 g/mol. The van der Waals surface area contributed by atoms with Crippen molar-refractivity contribution in [1.29, 1.82) is 0 Å². The lowest BCUT2D eigenvalue weighted by Crippen LogP contribution is -2.54. The highest BCUT2D eigenvalue weighted by Crippen LogP contribution is 2.45. The topological polar surface area (TPSA) is 61.4 Å². The summed E-state index contributed by atoms with van der Waals surface area (Å²) < 4.78 is 0. The van der Waals surface area contributed by atoms with Crippen LogP contribution < -0.4 is 10.6 Å². The number of rotatable bonds is 3. The van der Waals surface area contributed by atoms with Gasteiger partial charge in [-0.25, -0.2) is 0 Å². The number of carbonyl (C=O) groups excluding carboxylic acids is 2. The molecule has 0 aromatic carbocycles. The minimum atomic E-state index is -0.129. The first kappa shape index (κ1) is 20.9. The molecule has 2 aliphatic carbocycles. The van der Waals surface area contributed by atoms with E-state index in [9.17, 15) is 9.59 Å². The molecule has 0 radical (unpaired) electrons. The average Bonchev–Trinajstić information content (AvgIpc) is 3.14. The zero-order valence-corrected chi connectivity index (χ0v) is 17.3. The van der Waals surface area contributed by atoms with Gasteiger partial charge in [0.05, 0.1) is 5.41 Å². The van der Waals surface area contributed by atoms with Gasteiger partial charge in [0.15, 0.2) is 0 Å². The summed E-state index contributed by atoms with van der Waals surface area (Å²) in [5.74, 6) is 1.42. The van der Waals surface area contributed by atoms with Crippen LogP contribution in [0.25, 0.3) is 0 Å². The number of fused-ring (bicyclic) bond motifs is 1. The summed E-state index contributed by atoms with van der Waals surface area (Å²) in [6.45, 7) is 3.50. The van der Waals surface area contributed by atoms with Crippen molar-refractivity contribution in [1.82, 2.24) is 15.5 Å².